The number of piperazine rings is 1. The Morgan fingerprint density at radius 3 is 2.64 bits per heavy atom. The summed E-state index contributed by atoms with van der Waals surface area (Å²) in [7, 11) is 2.12. The molecule has 1 amide bonds. The molecule has 0 aliphatic carbocycles. The molecule has 4 heteroatoms. The second kappa shape index (κ2) is 8.03. The molecular weight excluding hydrogens is 332 g/mol. The first kappa shape index (κ1) is 18.0. The fourth-order valence-electron chi connectivity index (χ4n) is 3.37. The number of rotatable bonds is 4. The first-order valence-electron chi connectivity index (χ1n) is 8.82. The highest BCUT2D eigenvalue weighted by molar-refractivity contribution is 6.31. The minimum Gasteiger partial charge on any atom is -0.333 e. The molecule has 1 fully saturated rings. The maximum atomic E-state index is 12.9. The van der Waals surface area contributed by atoms with E-state index >= 15 is 0 Å². The molecule has 0 radical (unpaired) electrons. The fourth-order valence-corrected chi connectivity index (χ4v) is 3.57. The zero-order valence-electron chi connectivity index (χ0n) is 14.9. The third-order valence-corrected chi connectivity index (χ3v) is 5.36. The third kappa shape index (κ3) is 4.42. The average Bonchev–Trinajstić information content (AvgIpc) is 2.63. The summed E-state index contributed by atoms with van der Waals surface area (Å²) in [6.07, 6.45) is 1.25. The van der Waals surface area contributed by atoms with Crippen molar-refractivity contribution in [2.75, 3.05) is 26.7 Å². The maximum Gasteiger partial charge on any atom is 0.223 e. The normalized spacial score (nSPS) is 18.4. The molecule has 132 valence electrons. The van der Waals surface area contributed by atoms with Gasteiger partial charge in [-0.15, -0.1) is 0 Å². The van der Waals surface area contributed by atoms with Crippen molar-refractivity contribution >= 4 is 17.5 Å². The first-order valence-corrected chi connectivity index (χ1v) is 9.20. The summed E-state index contributed by atoms with van der Waals surface area (Å²) >= 11 is 6.20. The highest BCUT2D eigenvalue weighted by atomic mass is 35.5. The molecule has 1 saturated heterocycles. The van der Waals surface area contributed by atoms with Crippen LogP contribution in [0.25, 0.3) is 0 Å². The van der Waals surface area contributed by atoms with Crippen molar-refractivity contribution in [3.05, 3.63) is 70.2 Å². The molecule has 3 nitrogen and oxygen atoms in total. The number of carbonyl (C=O) groups excluding carboxylic acids is 1. The highest BCUT2D eigenvalue weighted by Gasteiger charge is 2.29. The highest BCUT2D eigenvalue weighted by Crippen LogP contribution is 2.26. The van der Waals surface area contributed by atoms with E-state index in [9.17, 15) is 4.79 Å². The lowest BCUT2D eigenvalue weighted by atomic mass is 10.0. The summed E-state index contributed by atoms with van der Waals surface area (Å²) in [5, 5.41) is 0.770. The van der Waals surface area contributed by atoms with Gasteiger partial charge < -0.3 is 9.80 Å². The summed E-state index contributed by atoms with van der Waals surface area (Å²) in [4.78, 5) is 17.2. The summed E-state index contributed by atoms with van der Waals surface area (Å²) in [6, 6.07) is 16.5. The minimum absolute atomic E-state index is 0.133. The van der Waals surface area contributed by atoms with Crippen LogP contribution >= 0.6 is 11.6 Å². The Balaban J connectivity index is 1.69. The van der Waals surface area contributed by atoms with Crippen molar-refractivity contribution in [3.8, 4) is 0 Å². The van der Waals surface area contributed by atoms with Crippen LogP contribution in [-0.4, -0.2) is 42.4 Å². The molecule has 0 N–H and O–H groups in total. The van der Waals surface area contributed by atoms with E-state index in [0.717, 1.165) is 42.2 Å². The van der Waals surface area contributed by atoms with Gasteiger partial charge in [-0.25, -0.2) is 0 Å². The Bertz CT molecular complexity index is 732. The molecule has 2 aromatic rings. The molecule has 1 heterocycles. The van der Waals surface area contributed by atoms with Crippen molar-refractivity contribution in [2.24, 2.45) is 0 Å². The third-order valence-electron chi connectivity index (χ3n) is 4.95. The molecule has 0 aromatic heterocycles. The zero-order chi connectivity index (χ0) is 17.8. The molecule has 1 aliphatic rings. The quantitative estimate of drug-likeness (QED) is 0.823. The van der Waals surface area contributed by atoms with Crippen molar-refractivity contribution in [1.29, 1.82) is 0 Å². The Hall–Kier alpha value is -1.84. The summed E-state index contributed by atoms with van der Waals surface area (Å²) in [5.41, 5.74) is 3.40. The van der Waals surface area contributed by atoms with Crippen LogP contribution in [-0.2, 0) is 11.2 Å². The zero-order valence-corrected chi connectivity index (χ0v) is 15.7. The van der Waals surface area contributed by atoms with Gasteiger partial charge in [0.15, 0.2) is 0 Å². The smallest absolute Gasteiger partial charge is 0.223 e. The molecule has 1 atom stereocenters. The van der Waals surface area contributed by atoms with Crippen LogP contribution in [0, 0.1) is 6.92 Å². The number of aryl methyl sites for hydroxylation is 2. The van der Waals surface area contributed by atoms with E-state index in [1.165, 1.54) is 5.56 Å². The number of nitrogens with zero attached hydrogens (tertiary/aromatic N) is 2. The predicted molar refractivity (Wildman–Crippen MR) is 103 cm³/mol. The number of halogens is 1. The predicted octanol–water partition coefficient (Wildman–Crippen LogP) is 4.10. The van der Waals surface area contributed by atoms with E-state index < -0.39 is 0 Å². The number of carbonyl (C=O) groups is 1. The molecule has 0 saturated carbocycles. The minimum atomic E-state index is 0.133. The van der Waals surface area contributed by atoms with E-state index in [0.29, 0.717) is 6.42 Å². The molecule has 0 bridgehead atoms. The monoisotopic (exact) mass is 356 g/mol. The van der Waals surface area contributed by atoms with E-state index in [1.54, 1.807) is 0 Å². The van der Waals surface area contributed by atoms with Crippen molar-refractivity contribution in [3.63, 3.8) is 0 Å². The van der Waals surface area contributed by atoms with Gasteiger partial charge in [0.1, 0.15) is 0 Å². The van der Waals surface area contributed by atoms with Gasteiger partial charge in [0.2, 0.25) is 5.91 Å². The van der Waals surface area contributed by atoms with Crippen LogP contribution in [0.4, 0.5) is 0 Å². The SMILES string of the molecule is Cc1ccc(CCC(=O)N2CCN(C)CC2c2ccccc2)cc1Cl. The number of amides is 1. The lowest BCUT2D eigenvalue weighted by Gasteiger charge is -2.40. The largest absolute Gasteiger partial charge is 0.333 e. The molecule has 3 rings (SSSR count). The second-order valence-corrected chi connectivity index (χ2v) is 7.27. The van der Waals surface area contributed by atoms with Crippen molar-refractivity contribution in [2.45, 2.75) is 25.8 Å². The van der Waals surface area contributed by atoms with Crippen LogP contribution in [0.3, 0.4) is 0 Å². The van der Waals surface area contributed by atoms with E-state index in [4.69, 9.17) is 11.6 Å². The average molecular weight is 357 g/mol. The van der Waals surface area contributed by atoms with Gasteiger partial charge in [-0.2, -0.15) is 0 Å². The van der Waals surface area contributed by atoms with Crippen molar-refractivity contribution < 1.29 is 4.79 Å². The summed E-state index contributed by atoms with van der Waals surface area (Å²) in [6.45, 7) is 4.58. The van der Waals surface area contributed by atoms with Crippen molar-refractivity contribution in [1.82, 2.24) is 9.80 Å². The van der Waals surface area contributed by atoms with Gasteiger partial charge in [0.05, 0.1) is 6.04 Å². The lowest BCUT2D eigenvalue weighted by Crippen LogP contribution is -2.49. The van der Waals surface area contributed by atoms with Gasteiger partial charge in [-0.3, -0.25) is 4.79 Å². The molecule has 0 spiro atoms. The Labute approximate surface area is 155 Å². The second-order valence-electron chi connectivity index (χ2n) is 6.86. The maximum absolute atomic E-state index is 12.9. The topological polar surface area (TPSA) is 23.6 Å². The van der Waals surface area contributed by atoms with Crippen LogP contribution in [0.2, 0.25) is 5.02 Å². The van der Waals surface area contributed by atoms with Gasteiger partial charge in [0.25, 0.3) is 0 Å². The fraction of sp³-hybridized carbons (Fsp3) is 0.381. The number of hydrogen-bond acceptors (Lipinski definition) is 2. The lowest BCUT2D eigenvalue weighted by molar-refractivity contribution is -0.136. The van der Waals surface area contributed by atoms with E-state index in [1.807, 2.05) is 42.2 Å². The first-order chi connectivity index (χ1) is 12.0. The standard InChI is InChI=1S/C21H25ClN2O/c1-16-8-9-17(14-19(16)22)10-11-21(25)24-13-12-23(2)15-20(24)18-6-4-3-5-7-18/h3-9,14,20H,10-13,15H2,1-2H3. The summed E-state index contributed by atoms with van der Waals surface area (Å²) in [5.74, 6) is 0.221. The number of benzene rings is 2. The molecular formula is C21H25ClN2O. The molecule has 1 aliphatic heterocycles. The van der Waals surface area contributed by atoms with E-state index in [-0.39, 0.29) is 11.9 Å². The Morgan fingerprint density at radius 2 is 1.92 bits per heavy atom. The Kier molecular flexibility index (Phi) is 5.77. The molecule has 2 aromatic carbocycles. The Morgan fingerprint density at radius 1 is 1.16 bits per heavy atom. The molecule has 25 heavy (non-hydrogen) atoms. The van der Waals surface area contributed by atoms with Gasteiger partial charge in [-0.05, 0) is 43.1 Å². The van der Waals surface area contributed by atoms with Crippen LogP contribution in [0.1, 0.15) is 29.2 Å². The van der Waals surface area contributed by atoms with Gasteiger partial charge in [0, 0.05) is 31.1 Å². The summed E-state index contributed by atoms with van der Waals surface area (Å²) < 4.78 is 0. The number of likely N-dealkylation sites (N-methyl/N-ethyl adjacent to an activating group) is 1. The number of hydrogen-bond donors (Lipinski definition) is 0. The van der Waals surface area contributed by atoms with Crippen LogP contribution < -0.4 is 0 Å². The van der Waals surface area contributed by atoms with Gasteiger partial charge in [-0.1, -0.05) is 54.1 Å². The van der Waals surface area contributed by atoms with Crippen LogP contribution in [0.5, 0.6) is 0 Å². The molecule has 1 unspecified atom stereocenters. The van der Waals surface area contributed by atoms with Crippen LogP contribution in [0.15, 0.2) is 48.5 Å². The van der Waals surface area contributed by atoms with E-state index in [2.05, 4.69) is 30.1 Å². The van der Waals surface area contributed by atoms with Gasteiger partial charge >= 0.3 is 0 Å².